The number of nitrogens with zero attached hydrogens (tertiary/aromatic N) is 1. The monoisotopic (exact) mass is 371 g/mol. The molecule has 1 atom stereocenters. The number of anilines is 1. The standard InChI is InChI=1S/C22H17N3O3/c26-22(20-13-27-18-3-1-2-4-19(18)28-20)25-15-7-5-14(6-8-15)16-9-11-23-21-17(16)10-12-24-21/h1-12,20H,13H2,(H,23,24)(H,25,26). The van der Waals surface area contributed by atoms with E-state index in [2.05, 4.69) is 15.3 Å². The minimum Gasteiger partial charge on any atom is -0.485 e. The third-order valence-electron chi connectivity index (χ3n) is 4.72. The Balaban J connectivity index is 1.32. The number of para-hydroxylation sites is 2. The first-order chi connectivity index (χ1) is 13.8. The summed E-state index contributed by atoms with van der Waals surface area (Å²) in [7, 11) is 0. The Labute approximate surface area is 161 Å². The number of aromatic amines is 1. The number of fused-ring (bicyclic) bond motifs is 2. The minimum absolute atomic E-state index is 0.184. The molecule has 1 aliphatic rings. The topological polar surface area (TPSA) is 76.2 Å². The zero-order valence-electron chi connectivity index (χ0n) is 14.9. The van der Waals surface area contributed by atoms with Crippen molar-refractivity contribution in [2.75, 3.05) is 11.9 Å². The lowest BCUT2D eigenvalue weighted by atomic mass is 10.0. The largest absolute Gasteiger partial charge is 0.485 e. The quantitative estimate of drug-likeness (QED) is 0.571. The summed E-state index contributed by atoms with van der Waals surface area (Å²) in [5.41, 5.74) is 3.70. The summed E-state index contributed by atoms with van der Waals surface area (Å²) >= 11 is 0. The number of hydrogen-bond acceptors (Lipinski definition) is 4. The second kappa shape index (κ2) is 6.74. The van der Waals surface area contributed by atoms with Crippen molar-refractivity contribution in [3.05, 3.63) is 73.1 Å². The van der Waals surface area contributed by atoms with Gasteiger partial charge in [-0.2, -0.15) is 0 Å². The Kier molecular flexibility index (Phi) is 3.94. The molecule has 0 spiro atoms. The second-order valence-electron chi connectivity index (χ2n) is 6.53. The Morgan fingerprint density at radius 2 is 1.86 bits per heavy atom. The van der Waals surface area contributed by atoms with Crippen LogP contribution in [0.25, 0.3) is 22.2 Å². The van der Waals surface area contributed by atoms with Crippen molar-refractivity contribution in [1.29, 1.82) is 0 Å². The number of hydrogen-bond donors (Lipinski definition) is 2. The number of H-pyrrole nitrogens is 1. The highest BCUT2D eigenvalue weighted by Crippen LogP contribution is 2.31. The predicted molar refractivity (Wildman–Crippen MR) is 107 cm³/mol. The van der Waals surface area contributed by atoms with Crippen molar-refractivity contribution < 1.29 is 14.3 Å². The van der Waals surface area contributed by atoms with Crippen LogP contribution < -0.4 is 14.8 Å². The third kappa shape index (κ3) is 2.95. The van der Waals surface area contributed by atoms with Gasteiger partial charge in [0, 0.05) is 23.5 Å². The molecule has 28 heavy (non-hydrogen) atoms. The summed E-state index contributed by atoms with van der Waals surface area (Å²) in [5.74, 6) is 1.00. The van der Waals surface area contributed by atoms with Crippen LogP contribution in [0.5, 0.6) is 11.5 Å². The molecule has 1 aliphatic heterocycles. The molecule has 0 fully saturated rings. The number of nitrogens with one attached hydrogen (secondary N) is 2. The minimum atomic E-state index is -0.686. The number of carbonyl (C=O) groups is 1. The van der Waals surface area contributed by atoms with Gasteiger partial charge in [0.25, 0.3) is 5.91 Å². The SMILES string of the molecule is O=C(Nc1ccc(-c2ccnc3[nH]ccc23)cc1)C1COc2ccccc2O1. The molecule has 6 heteroatoms. The first kappa shape index (κ1) is 16.4. The number of carbonyl (C=O) groups excluding carboxylic acids is 1. The molecule has 2 aromatic heterocycles. The molecule has 0 bridgehead atoms. The van der Waals surface area contributed by atoms with E-state index in [4.69, 9.17) is 9.47 Å². The van der Waals surface area contributed by atoms with Crippen LogP contribution in [0.3, 0.4) is 0 Å². The summed E-state index contributed by atoms with van der Waals surface area (Å²) in [6.07, 6.45) is 2.97. The van der Waals surface area contributed by atoms with Gasteiger partial charge < -0.3 is 19.8 Å². The highest BCUT2D eigenvalue weighted by molar-refractivity contribution is 5.96. The molecular formula is C22H17N3O3. The van der Waals surface area contributed by atoms with E-state index in [1.165, 1.54) is 0 Å². The van der Waals surface area contributed by atoms with Crippen LogP contribution in [0.15, 0.2) is 73.1 Å². The number of amides is 1. The first-order valence-electron chi connectivity index (χ1n) is 9.00. The molecule has 0 saturated heterocycles. The molecule has 0 aliphatic carbocycles. The van der Waals surface area contributed by atoms with Gasteiger partial charge in [0.2, 0.25) is 6.10 Å². The predicted octanol–water partition coefficient (Wildman–Crippen LogP) is 4.01. The highest BCUT2D eigenvalue weighted by atomic mass is 16.6. The fraction of sp³-hybridized carbons (Fsp3) is 0.0909. The van der Waals surface area contributed by atoms with E-state index in [1.807, 2.05) is 60.8 Å². The van der Waals surface area contributed by atoms with Gasteiger partial charge in [-0.15, -0.1) is 0 Å². The van der Waals surface area contributed by atoms with Gasteiger partial charge in [0.1, 0.15) is 12.3 Å². The van der Waals surface area contributed by atoms with Gasteiger partial charge in [0.05, 0.1) is 0 Å². The van der Waals surface area contributed by atoms with Crippen LogP contribution in [0.2, 0.25) is 0 Å². The van der Waals surface area contributed by atoms with E-state index in [0.29, 0.717) is 17.2 Å². The molecule has 2 N–H and O–H groups in total. The van der Waals surface area contributed by atoms with Gasteiger partial charge in [-0.1, -0.05) is 24.3 Å². The van der Waals surface area contributed by atoms with Crippen LogP contribution in [-0.2, 0) is 4.79 Å². The van der Waals surface area contributed by atoms with E-state index < -0.39 is 6.10 Å². The fourth-order valence-corrected chi connectivity index (χ4v) is 3.32. The number of aromatic nitrogens is 2. The zero-order chi connectivity index (χ0) is 18.9. The lowest BCUT2D eigenvalue weighted by molar-refractivity contribution is -0.125. The van der Waals surface area contributed by atoms with Gasteiger partial charge in [-0.25, -0.2) is 4.98 Å². The Morgan fingerprint density at radius 3 is 2.71 bits per heavy atom. The van der Waals surface area contributed by atoms with Crippen molar-refractivity contribution in [1.82, 2.24) is 9.97 Å². The van der Waals surface area contributed by atoms with Gasteiger partial charge in [-0.3, -0.25) is 4.79 Å². The first-order valence-corrected chi connectivity index (χ1v) is 9.00. The molecule has 6 nitrogen and oxygen atoms in total. The van der Waals surface area contributed by atoms with Crippen molar-refractivity contribution in [3.63, 3.8) is 0 Å². The second-order valence-corrected chi connectivity index (χ2v) is 6.53. The average Bonchev–Trinajstić information content (AvgIpc) is 3.23. The lowest BCUT2D eigenvalue weighted by Crippen LogP contribution is -2.40. The molecule has 1 amide bonds. The molecule has 2 aromatic carbocycles. The smallest absolute Gasteiger partial charge is 0.269 e. The van der Waals surface area contributed by atoms with Crippen molar-refractivity contribution in [3.8, 4) is 22.6 Å². The molecule has 3 heterocycles. The van der Waals surface area contributed by atoms with Crippen LogP contribution in [0.1, 0.15) is 0 Å². The van der Waals surface area contributed by atoms with Crippen molar-refractivity contribution in [2.24, 2.45) is 0 Å². The van der Waals surface area contributed by atoms with E-state index in [1.54, 1.807) is 12.3 Å². The molecule has 0 radical (unpaired) electrons. The number of ether oxygens (including phenoxy) is 2. The van der Waals surface area contributed by atoms with E-state index in [0.717, 1.165) is 22.2 Å². The highest BCUT2D eigenvalue weighted by Gasteiger charge is 2.27. The summed E-state index contributed by atoms with van der Waals surface area (Å²) in [4.78, 5) is 20.0. The van der Waals surface area contributed by atoms with Crippen LogP contribution >= 0.6 is 0 Å². The Morgan fingerprint density at radius 1 is 1.04 bits per heavy atom. The lowest BCUT2D eigenvalue weighted by Gasteiger charge is -2.25. The Bertz CT molecular complexity index is 1150. The maximum absolute atomic E-state index is 12.5. The fourth-order valence-electron chi connectivity index (χ4n) is 3.32. The van der Waals surface area contributed by atoms with E-state index in [-0.39, 0.29) is 12.5 Å². The summed E-state index contributed by atoms with van der Waals surface area (Å²) in [5, 5.41) is 3.95. The van der Waals surface area contributed by atoms with Crippen molar-refractivity contribution >= 4 is 22.6 Å². The number of benzene rings is 2. The van der Waals surface area contributed by atoms with Crippen LogP contribution in [0, 0.1) is 0 Å². The molecule has 0 saturated carbocycles. The summed E-state index contributed by atoms with van der Waals surface area (Å²) < 4.78 is 11.4. The van der Waals surface area contributed by atoms with E-state index >= 15 is 0 Å². The molecular weight excluding hydrogens is 354 g/mol. The third-order valence-corrected chi connectivity index (χ3v) is 4.72. The molecule has 5 rings (SSSR count). The molecule has 1 unspecified atom stereocenters. The van der Waals surface area contributed by atoms with Gasteiger partial charge >= 0.3 is 0 Å². The molecule has 4 aromatic rings. The maximum atomic E-state index is 12.5. The average molecular weight is 371 g/mol. The maximum Gasteiger partial charge on any atom is 0.269 e. The van der Waals surface area contributed by atoms with E-state index in [9.17, 15) is 4.79 Å². The molecule has 138 valence electrons. The van der Waals surface area contributed by atoms with Crippen LogP contribution in [-0.4, -0.2) is 28.6 Å². The number of pyridine rings is 1. The number of rotatable bonds is 3. The van der Waals surface area contributed by atoms with Gasteiger partial charge in [0.15, 0.2) is 11.5 Å². The zero-order valence-corrected chi connectivity index (χ0v) is 14.9. The van der Waals surface area contributed by atoms with Crippen molar-refractivity contribution in [2.45, 2.75) is 6.10 Å². The normalized spacial score (nSPS) is 15.4. The Hall–Kier alpha value is -3.80. The van der Waals surface area contributed by atoms with Gasteiger partial charge in [-0.05, 0) is 47.5 Å². The van der Waals surface area contributed by atoms with Crippen LogP contribution in [0.4, 0.5) is 5.69 Å². The summed E-state index contributed by atoms with van der Waals surface area (Å²) in [6, 6.07) is 19.0. The summed E-state index contributed by atoms with van der Waals surface area (Å²) in [6.45, 7) is 0.184.